The van der Waals surface area contributed by atoms with Crippen molar-refractivity contribution in [1.29, 1.82) is 0 Å². The van der Waals surface area contributed by atoms with Crippen molar-refractivity contribution in [2.45, 2.75) is 45.6 Å². The van der Waals surface area contributed by atoms with Gasteiger partial charge >= 0.3 is 0 Å². The summed E-state index contributed by atoms with van der Waals surface area (Å²) in [5.41, 5.74) is 4.07. The zero-order valence-corrected chi connectivity index (χ0v) is 13.6. The van der Waals surface area contributed by atoms with Crippen molar-refractivity contribution in [3.8, 4) is 0 Å². The van der Waals surface area contributed by atoms with Gasteiger partial charge in [-0.3, -0.25) is 4.98 Å². The minimum atomic E-state index is 0.194. The molecule has 0 saturated heterocycles. The molecule has 0 saturated carbocycles. The number of hydrogen-bond acceptors (Lipinski definition) is 2. The van der Waals surface area contributed by atoms with Gasteiger partial charge in [0.05, 0.1) is 6.04 Å². The molecule has 1 N–H and O–H groups in total. The average molecular weight is 282 g/mol. The summed E-state index contributed by atoms with van der Waals surface area (Å²) in [6.45, 7) is 9.93. The summed E-state index contributed by atoms with van der Waals surface area (Å²) in [6, 6.07) is 13.3. The van der Waals surface area contributed by atoms with Crippen LogP contribution in [-0.4, -0.2) is 11.5 Å². The van der Waals surface area contributed by atoms with Crippen LogP contribution in [0.15, 0.2) is 48.8 Å². The fourth-order valence-corrected chi connectivity index (χ4v) is 2.44. The van der Waals surface area contributed by atoms with Gasteiger partial charge in [0.1, 0.15) is 0 Å². The molecule has 0 aliphatic rings. The van der Waals surface area contributed by atoms with E-state index in [1.807, 2.05) is 18.5 Å². The van der Waals surface area contributed by atoms with Gasteiger partial charge in [0, 0.05) is 12.4 Å². The van der Waals surface area contributed by atoms with Crippen LogP contribution in [0.4, 0.5) is 0 Å². The maximum atomic E-state index is 4.26. The second-order valence-electron chi connectivity index (χ2n) is 6.55. The number of pyridine rings is 1. The first-order valence-electron chi connectivity index (χ1n) is 7.76. The van der Waals surface area contributed by atoms with Crippen molar-refractivity contribution in [3.63, 3.8) is 0 Å². The molecule has 2 aromatic rings. The Hall–Kier alpha value is -1.67. The van der Waals surface area contributed by atoms with Crippen LogP contribution in [0.25, 0.3) is 0 Å². The number of aromatic nitrogens is 1. The molecule has 0 bridgehead atoms. The van der Waals surface area contributed by atoms with E-state index < -0.39 is 0 Å². The second-order valence-corrected chi connectivity index (χ2v) is 6.55. The Morgan fingerprint density at radius 3 is 2.29 bits per heavy atom. The van der Waals surface area contributed by atoms with Crippen LogP contribution in [0.5, 0.6) is 0 Å². The van der Waals surface area contributed by atoms with Crippen molar-refractivity contribution >= 4 is 0 Å². The van der Waals surface area contributed by atoms with Crippen LogP contribution < -0.4 is 5.32 Å². The van der Waals surface area contributed by atoms with Gasteiger partial charge in [-0.05, 0) is 41.1 Å². The molecule has 0 radical (unpaired) electrons. The lowest BCUT2D eigenvalue weighted by Crippen LogP contribution is -2.23. The van der Waals surface area contributed by atoms with Gasteiger partial charge in [-0.1, -0.05) is 58.0 Å². The minimum Gasteiger partial charge on any atom is -0.306 e. The molecule has 1 heterocycles. The van der Waals surface area contributed by atoms with E-state index in [0.29, 0.717) is 0 Å². The van der Waals surface area contributed by atoms with Crippen LogP contribution in [0.2, 0.25) is 0 Å². The lowest BCUT2D eigenvalue weighted by molar-refractivity contribution is 0.583. The molecule has 1 unspecified atom stereocenters. The van der Waals surface area contributed by atoms with E-state index in [9.17, 15) is 0 Å². The molecule has 0 amide bonds. The Bertz CT molecular complexity index is 538. The monoisotopic (exact) mass is 282 g/mol. The summed E-state index contributed by atoms with van der Waals surface area (Å²) in [6.07, 6.45) is 4.89. The Kier molecular flexibility index (Phi) is 5.13. The van der Waals surface area contributed by atoms with E-state index in [1.54, 1.807) is 0 Å². The summed E-state index contributed by atoms with van der Waals surface area (Å²) >= 11 is 0. The first kappa shape index (κ1) is 15.7. The summed E-state index contributed by atoms with van der Waals surface area (Å²) in [5.74, 6) is 0. The zero-order chi connectivity index (χ0) is 15.3. The standard InChI is InChI=1S/C19H26N2/c1-5-12-21-18(16-7-6-13-20-14-16)15-8-10-17(11-9-15)19(2,3)4/h6-11,13-14,18,21H,5,12H2,1-4H3. The predicted octanol–water partition coefficient (Wildman–Crippen LogP) is 4.47. The van der Waals surface area contributed by atoms with Gasteiger partial charge in [-0.25, -0.2) is 0 Å². The molecule has 0 aliphatic heterocycles. The SMILES string of the molecule is CCCNC(c1ccc(C(C)(C)C)cc1)c1cccnc1. The number of benzene rings is 1. The summed E-state index contributed by atoms with van der Waals surface area (Å²) in [5, 5.41) is 3.62. The molecular formula is C19H26N2. The Balaban J connectivity index is 2.29. The highest BCUT2D eigenvalue weighted by Crippen LogP contribution is 2.26. The highest BCUT2D eigenvalue weighted by Gasteiger charge is 2.16. The largest absolute Gasteiger partial charge is 0.306 e. The van der Waals surface area contributed by atoms with Crippen LogP contribution in [0, 0.1) is 0 Å². The van der Waals surface area contributed by atoms with Crippen LogP contribution in [0.3, 0.4) is 0 Å². The quantitative estimate of drug-likeness (QED) is 0.875. The smallest absolute Gasteiger partial charge is 0.0591 e. The second kappa shape index (κ2) is 6.86. The first-order chi connectivity index (χ1) is 10.0. The third kappa shape index (κ3) is 4.15. The zero-order valence-electron chi connectivity index (χ0n) is 13.6. The first-order valence-corrected chi connectivity index (χ1v) is 7.76. The van der Waals surface area contributed by atoms with Gasteiger partial charge in [0.25, 0.3) is 0 Å². The molecule has 21 heavy (non-hydrogen) atoms. The van der Waals surface area contributed by atoms with E-state index in [4.69, 9.17) is 0 Å². The molecule has 2 rings (SSSR count). The Labute approximate surface area is 128 Å². The normalized spacial score (nSPS) is 13.1. The van der Waals surface area contributed by atoms with Gasteiger partial charge in [-0.2, -0.15) is 0 Å². The van der Waals surface area contributed by atoms with Crippen molar-refractivity contribution < 1.29 is 0 Å². The molecule has 0 fully saturated rings. The van der Waals surface area contributed by atoms with Crippen LogP contribution in [0.1, 0.15) is 56.8 Å². The van der Waals surface area contributed by atoms with Crippen molar-refractivity contribution in [2.24, 2.45) is 0 Å². The third-order valence-corrected chi connectivity index (χ3v) is 3.73. The van der Waals surface area contributed by atoms with E-state index in [1.165, 1.54) is 16.7 Å². The Morgan fingerprint density at radius 2 is 1.76 bits per heavy atom. The van der Waals surface area contributed by atoms with Crippen LogP contribution >= 0.6 is 0 Å². The lowest BCUT2D eigenvalue weighted by Gasteiger charge is -2.22. The number of hydrogen-bond donors (Lipinski definition) is 1. The highest BCUT2D eigenvalue weighted by atomic mass is 14.9. The number of nitrogens with zero attached hydrogens (tertiary/aromatic N) is 1. The molecule has 2 nitrogen and oxygen atoms in total. The lowest BCUT2D eigenvalue weighted by atomic mass is 9.86. The van der Waals surface area contributed by atoms with Crippen molar-refractivity contribution in [2.75, 3.05) is 6.54 Å². The molecule has 1 aromatic carbocycles. The van der Waals surface area contributed by atoms with Gasteiger partial charge in [0.15, 0.2) is 0 Å². The molecule has 2 heteroatoms. The number of rotatable bonds is 5. The van der Waals surface area contributed by atoms with E-state index in [2.05, 4.69) is 68.3 Å². The Morgan fingerprint density at radius 1 is 1.05 bits per heavy atom. The molecule has 0 spiro atoms. The van der Waals surface area contributed by atoms with E-state index in [0.717, 1.165) is 13.0 Å². The van der Waals surface area contributed by atoms with Gasteiger partial charge < -0.3 is 5.32 Å². The summed E-state index contributed by atoms with van der Waals surface area (Å²) in [4.78, 5) is 4.26. The molecular weight excluding hydrogens is 256 g/mol. The maximum Gasteiger partial charge on any atom is 0.0591 e. The van der Waals surface area contributed by atoms with Crippen LogP contribution in [-0.2, 0) is 5.41 Å². The van der Waals surface area contributed by atoms with Gasteiger partial charge in [0.2, 0.25) is 0 Å². The summed E-state index contributed by atoms with van der Waals surface area (Å²) in [7, 11) is 0. The van der Waals surface area contributed by atoms with Gasteiger partial charge in [-0.15, -0.1) is 0 Å². The molecule has 1 atom stereocenters. The fraction of sp³-hybridized carbons (Fsp3) is 0.421. The maximum absolute atomic E-state index is 4.26. The number of nitrogens with one attached hydrogen (secondary N) is 1. The van der Waals surface area contributed by atoms with E-state index >= 15 is 0 Å². The predicted molar refractivity (Wildman–Crippen MR) is 89.5 cm³/mol. The molecule has 112 valence electrons. The highest BCUT2D eigenvalue weighted by molar-refractivity contribution is 5.34. The minimum absolute atomic E-state index is 0.194. The average Bonchev–Trinajstić information content (AvgIpc) is 2.48. The van der Waals surface area contributed by atoms with E-state index in [-0.39, 0.29) is 11.5 Å². The molecule has 1 aromatic heterocycles. The third-order valence-electron chi connectivity index (χ3n) is 3.73. The van der Waals surface area contributed by atoms with Crippen molar-refractivity contribution in [3.05, 3.63) is 65.5 Å². The molecule has 0 aliphatic carbocycles. The van der Waals surface area contributed by atoms with Crippen molar-refractivity contribution in [1.82, 2.24) is 10.3 Å². The topological polar surface area (TPSA) is 24.9 Å². The fourth-order valence-electron chi connectivity index (χ4n) is 2.44. The summed E-state index contributed by atoms with van der Waals surface area (Å²) < 4.78 is 0.